The van der Waals surface area contributed by atoms with E-state index >= 15 is 0 Å². The van der Waals surface area contributed by atoms with Crippen molar-refractivity contribution in [2.75, 3.05) is 0 Å². The zero-order valence-corrected chi connectivity index (χ0v) is 8.94. The molecule has 0 fully saturated rings. The second kappa shape index (κ2) is 2.80. The zero-order chi connectivity index (χ0) is 8.65. The van der Waals surface area contributed by atoms with E-state index in [0.29, 0.717) is 0 Å². The number of hydrogen-bond acceptors (Lipinski definition) is 1. The molecule has 2 heteroatoms. The Morgan fingerprint density at radius 1 is 1.36 bits per heavy atom. The van der Waals surface area contributed by atoms with Gasteiger partial charge in [0.2, 0.25) is 0 Å². The largest absolute Gasteiger partial charge is 0.147 e. The predicted octanol–water partition coefficient (Wildman–Crippen LogP) is 4.01. The first kappa shape index (κ1) is 9.08. The molecule has 0 bridgehead atoms. The smallest absolute Gasteiger partial charge is 0.0579 e. The quantitative estimate of drug-likeness (QED) is 0.577. The molecule has 0 aliphatic rings. The van der Waals surface area contributed by atoms with Crippen LogP contribution in [-0.4, -0.2) is 0 Å². The van der Waals surface area contributed by atoms with Crippen molar-refractivity contribution in [3.05, 3.63) is 20.8 Å². The molecule has 0 nitrogen and oxygen atoms in total. The number of thiophene rings is 1. The van der Waals surface area contributed by atoms with Crippen molar-refractivity contribution < 1.29 is 0 Å². The Kier molecular flexibility index (Phi) is 2.31. The Morgan fingerprint density at radius 2 is 1.91 bits per heavy atom. The molecule has 1 aromatic rings. The molecule has 0 atom stereocenters. The highest BCUT2D eigenvalue weighted by atomic mass is 35.5. The summed E-state index contributed by atoms with van der Waals surface area (Å²) in [4.78, 5) is 1.22. The lowest BCUT2D eigenvalue weighted by Gasteiger charge is -2.17. The van der Waals surface area contributed by atoms with E-state index in [1.165, 1.54) is 10.4 Å². The first-order valence-corrected chi connectivity index (χ1v) is 4.93. The van der Waals surface area contributed by atoms with Gasteiger partial charge in [-0.05, 0) is 23.3 Å². The maximum absolute atomic E-state index is 6.10. The molecule has 0 unspecified atom stereocenters. The van der Waals surface area contributed by atoms with E-state index < -0.39 is 0 Å². The van der Waals surface area contributed by atoms with Gasteiger partial charge in [-0.15, -0.1) is 11.3 Å². The maximum atomic E-state index is 6.10. The molecule has 0 aliphatic heterocycles. The van der Waals surface area contributed by atoms with Gasteiger partial charge in [0.1, 0.15) is 0 Å². The predicted molar refractivity (Wildman–Crippen MR) is 52.8 cm³/mol. The molecule has 0 radical (unpaired) electrons. The Labute approximate surface area is 77.2 Å². The van der Waals surface area contributed by atoms with Crippen molar-refractivity contribution in [2.45, 2.75) is 33.1 Å². The monoisotopic (exact) mass is 188 g/mol. The summed E-state index contributed by atoms with van der Waals surface area (Å²) < 4.78 is 0. The van der Waals surface area contributed by atoms with E-state index in [1.807, 2.05) is 0 Å². The lowest BCUT2D eigenvalue weighted by molar-refractivity contribution is 0.593. The van der Waals surface area contributed by atoms with Crippen molar-refractivity contribution in [1.82, 2.24) is 0 Å². The Hall–Kier alpha value is -0.0100. The van der Waals surface area contributed by atoms with Gasteiger partial charge in [-0.25, -0.2) is 0 Å². The van der Waals surface area contributed by atoms with E-state index in [0.717, 1.165) is 5.02 Å². The van der Waals surface area contributed by atoms with Crippen LogP contribution in [0.3, 0.4) is 0 Å². The number of hydrogen-bond donors (Lipinski definition) is 0. The maximum Gasteiger partial charge on any atom is 0.0579 e. The molecule has 1 rings (SSSR count). The average Bonchev–Trinajstić information content (AvgIpc) is 2.11. The minimum absolute atomic E-state index is 0.182. The van der Waals surface area contributed by atoms with E-state index in [2.05, 4.69) is 33.1 Å². The van der Waals surface area contributed by atoms with Gasteiger partial charge in [0.05, 0.1) is 5.02 Å². The van der Waals surface area contributed by atoms with Crippen LogP contribution >= 0.6 is 22.9 Å². The summed E-state index contributed by atoms with van der Waals surface area (Å²) in [5.41, 5.74) is 1.45. The zero-order valence-electron chi connectivity index (χ0n) is 7.36. The number of halogens is 1. The fraction of sp³-hybridized carbons (Fsp3) is 0.556. The lowest BCUT2D eigenvalue weighted by atomic mass is 9.89. The van der Waals surface area contributed by atoms with Crippen LogP contribution in [0.15, 0.2) is 5.38 Å². The molecule has 1 aromatic heterocycles. The molecule has 0 spiro atoms. The Balaban J connectivity index is 3.15. The van der Waals surface area contributed by atoms with Gasteiger partial charge in [-0.2, -0.15) is 0 Å². The highest BCUT2D eigenvalue weighted by Crippen LogP contribution is 2.35. The van der Waals surface area contributed by atoms with Crippen molar-refractivity contribution >= 4 is 22.9 Å². The summed E-state index contributed by atoms with van der Waals surface area (Å²) in [6, 6.07) is 0. The second-order valence-corrected chi connectivity index (χ2v) is 5.23. The van der Waals surface area contributed by atoms with E-state index in [4.69, 9.17) is 11.6 Å². The minimum Gasteiger partial charge on any atom is -0.147 e. The van der Waals surface area contributed by atoms with Crippen LogP contribution in [0.1, 0.15) is 31.2 Å². The van der Waals surface area contributed by atoms with Gasteiger partial charge in [0, 0.05) is 4.88 Å². The molecule has 0 saturated carbocycles. The van der Waals surface area contributed by atoms with Crippen LogP contribution in [0.4, 0.5) is 0 Å². The van der Waals surface area contributed by atoms with Gasteiger partial charge in [0.15, 0.2) is 0 Å². The van der Waals surface area contributed by atoms with Crippen LogP contribution in [0.5, 0.6) is 0 Å². The minimum atomic E-state index is 0.182. The lowest BCUT2D eigenvalue weighted by Crippen LogP contribution is -2.09. The summed E-state index contributed by atoms with van der Waals surface area (Å²) >= 11 is 7.83. The number of aryl methyl sites for hydroxylation is 1. The Morgan fingerprint density at radius 3 is 2.09 bits per heavy atom. The van der Waals surface area contributed by atoms with Gasteiger partial charge in [-0.3, -0.25) is 0 Å². The topological polar surface area (TPSA) is 0 Å². The highest BCUT2D eigenvalue weighted by molar-refractivity contribution is 7.10. The van der Waals surface area contributed by atoms with Crippen LogP contribution in [0.25, 0.3) is 0 Å². The molecule has 0 aliphatic carbocycles. The van der Waals surface area contributed by atoms with Gasteiger partial charge >= 0.3 is 0 Å². The van der Waals surface area contributed by atoms with Crippen molar-refractivity contribution in [3.63, 3.8) is 0 Å². The van der Waals surface area contributed by atoms with Crippen molar-refractivity contribution in [3.8, 4) is 0 Å². The summed E-state index contributed by atoms with van der Waals surface area (Å²) in [6.45, 7) is 8.60. The Bertz CT molecular complexity index is 255. The normalized spacial score (nSPS) is 12.1. The average molecular weight is 189 g/mol. The van der Waals surface area contributed by atoms with Crippen LogP contribution in [-0.2, 0) is 5.41 Å². The second-order valence-electron chi connectivity index (χ2n) is 3.77. The third-order valence-electron chi connectivity index (χ3n) is 1.71. The van der Waals surface area contributed by atoms with Crippen LogP contribution in [0, 0.1) is 6.92 Å². The highest BCUT2D eigenvalue weighted by Gasteiger charge is 2.19. The third-order valence-corrected chi connectivity index (χ3v) is 3.22. The van der Waals surface area contributed by atoms with Crippen molar-refractivity contribution in [1.29, 1.82) is 0 Å². The molecule has 0 N–H and O–H groups in total. The first-order chi connectivity index (χ1) is 4.93. The van der Waals surface area contributed by atoms with Gasteiger partial charge in [-0.1, -0.05) is 32.4 Å². The molecular weight excluding hydrogens is 176 g/mol. The van der Waals surface area contributed by atoms with Crippen LogP contribution < -0.4 is 0 Å². The summed E-state index contributed by atoms with van der Waals surface area (Å²) in [7, 11) is 0. The molecule has 62 valence electrons. The summed E-state index contributed by atoms with van der Waals surface area (Å²) in [5, 5.41) is 3.10. The fourth-order valence-electron chi connectivity index (χ4n) is 0.946. The molecule has 1 heterocycles. The number of rotatable bonds is 0. The first-order valence-electron chi connectivity index (χ1n) is 3.67. The fourth-order valence-corrected chi connectivity index (χ4v) is 2.46. The standard InChI is InChI=1S/C9H13ClS/c1-6-8(10)7(5-11-6)9(2,3)4/h5H,1-4H3. The van der Waals surface area contributed by atoms with E-state index in [9.17, 15) is 0 Å². The molecule has 0 amide bonds. The van der Waals surface area contributed by atoms with Gasteiger partial charge < -0.3 is 0 Å². The summed E-state index contributed by atoms with van der Waals surface area (Å²) in [6.07, 6.45) is 0. The van der Waals surface area contributed by atoms with Crippen molar-refractivity contribution in [2.24, 2.45) is 0 Å². The van der Waals surface area contributed by atoms with Crippen LogP contribution in [0.2, 0.25) is 5.02 Å². The summed E-state index contributed by atoms with van der Waals surface area (Å²) in [5.74, 6) is 0. The molecule has 0 saturated heterocycles. The molecular formula is C9H13ClS. The van der Waals surface area contributed by atoms with Gasteiger partial charge in [0.25, 0.3) is 0 Å². The third kappa shape index (κ3) is 1.77. The van der Waals surface area contributed by atoms with E-state index in [-0.39, 0.29) is 5.41 Å². The molecule has 0 aromatic carbocycles. The molecule has 11 heavy (non-hydrogen) atoms. The van der Waals surface area contributed by atoms with E-state index in [1.54, 1.807) is 11.3 Å². The SMILES string of the molecule is Cc1scc(C(C)(C)C)c1Cl.